The Labute approximate surface area is 133 Å². The third-order valence-electron chi connectivity index (χ3n) is 3.14. The van der Waals surface area contributed by atoms with Crippen LogP contribution in [0.3, 0.4) is 0 Å². The SMILES string of the molecule is Cc1ccc(NC(=O)c2ccc(N(C)C)c(N)c2)c(Br)c1. The smallest absolute Gasteiger partial charge is 0.255 e. The Morgan fingerprint density at radius 2 is 1.90 bits per heavy atom. The van der Waals surface area contributed by atoms with E-state index in [0.717, 1.165) is 21.4 Å². The normalized spacial score (nSPS) is 10.3. The Morgan fingerprint density at radius 1 is 1.19 bits per heavy atom. The Bertz CT molecular complexity index is 683. The molecule has 2 aromatic rings. The summed E-state index contributed by atoms with van der Waals surface area (Å²) in [7, 11) is 3.82. The number of nitrogens with one attached hydrogen (secondary N) is 1. The van der Waals surface area contributed by atoms with Gasteiger partial charge < -0.3 is 16.0 Å². The minimum Gasteiger partial charge on any atom is -0.397 e. The molecule has 0 saturated carbocycles. The first-order chi connectivity index (χ1) is 9.88. The molecule has 0 aliphatic rings. The maximum Gasteiger partial charge on any atom is 0.255 e. The lowest BCUT2D eigenvalue weighted by atomic mass is 10.1. The molecular formula is C16H18BrN3O. The average Bonchev–Trinajstić information content (AvgIpc) is 2.41. The second kappa shape index (κ2) is 6.18. The summed E-state index contributed by atoms with van der Waals surface area (Å²) in [5, 5.41) is 2.87. The fourth-order valence-electron chi connectivity index (χ4n) is 2.02. The van der Waals surface area contributed by atoms with Gasteiger partial charge in [-0.3, -0.25) is 4.79 Å². The summed E-state index contributed by atoms with van der Waals surface area (Å²) in [6.45, 7) is 2.00. The van der Waals surface area contributed by atoms with Crippen molar-refractivity contribution in [3.63, 3.8) is 0 Å². The number of rotatable bonds is 3. The van der Waals surface area contributed by atoms with Crippen molar-refractivity contribution in [1.29, 1.82) is 0 Å². The highest BCUT2D eigenvalue weighted by Crippen LogP contribution is 2.26. The van der Waals surface area contributed by atoms with Crippen LogP contribution in [0.2, 0.25) is 0 Å². The van der Waals surface area contributed by atoms with Gasteiger partial charge in [-0.05, 0) is 58.7 Å². The minimum absolute atomic E-state index is 0.184. The molecule has 0 saturated heterocycles. The van der Waals surface area contributed by atoms with Crippen molar-refractivity contribution in [2.45, 2.75) is 6.92 Å². The van der Waals surface area contributed by atoms with Crippen molar-refractivity contribution in [2.24, 2.45) is 0 Å². The zero-order chi connectivity index (χ0) is 15.6. The number of nitrogens with two attached hydrogens (primary N) is 1. The number of nitrogen functional groups attached to an aromatic ring is 1. The molecule has 2 aromatic carbocycles. The number of aryl methyl sites for hydroxylation is 1. The number of hydrogen-bond donors (Lipinski definition) is 2. The molecule has 110 valence electrons. The number of halogens is 1. The summed E-state index contributed by atoms with van der Waals surface area (Å²) in [4.78, 5) is 14.2. The third kappa shape index (κ3) is 3.55. The van der Waals surface area contributed by atoms with E-state index in [1.807, 2.05) is 50.2 Å². The monoisotopic (exact) mass is 347 g/mol. The first-order valence-corrected chi connectivity index (χ1v) is 7.32. The van der Waals surface area contributed by atoms with Crippen LogP contribution in [-0.2, 0) is 0 Å². The maximum absolute atomic E-state index is 12.3. The largest absolute Gasteiger partial charge is 0.397 e. The second-order valence-corrected chi connectivity index (χ2v) is 5.96. The van der Waals surface area contributed by atoms with Crippen molar-refractivity contribution in [1.82, 2.24) is 0 Å². The quantitative estimate of drug-likeness (QED) is 0.833. The van der Waals surface area contributed by atoms with Crippen molar-refractivity contribution in [3.05, 3.63) is 52.0 Å². The van der Waals surface area contributed by atoms with Crippen LogP contribution in [0.15, 0.2) is 40.9 Å². The summed E-state index contributed by atoms with van der Waals surface area (Å²) in [6.07, 6.45) is 0. The van der Waals surface area contributed by atoms with Gasteiger partial charge in [-0.25, -0.2) is 0 Å². The van der Waals surface area contributed by atoms with Crippen LogP contribution in [0.1, 0.15) is 15.9 Å². The van der Waals surface area contributed by atoms with E-state index >= 15 is 0 Å². The number of carbonyl (C=O) groups is 1. The molecule has 0 radical (unpaired) electrons. The molecule has 21 heavy (non-hydrogen) atoms. The van der Waals surface area contributed by atoms with Crippen molar-refractivity contribution in [2.75, 3.05) is 30.0 Å². The third-order valence-corrected chi connectivity index (χ3v) is 3.80. The number of hydrogen-bond acceptors (Lipinski definition) is 3. The molecular weight excluding hydrogens is 330 g/mol. The fourth-order valence-corrected chi connectivity index (χ4v) is 2.61. The second-order valence-electron chi connectivity index (χ2n) is 5.11. The Kier molecular flexibility index (Phi) is 4.53. The summed E-state index contributed by atoms with van der Waals surface area (Å²) < 4.78 is 0.855. The van der Waals surface area contributed by atoms with E-state index in [1.54, 1.807) is 12.1 Å². The lowest BCUT2D eigenvalue weighted by Gasteiger charge is -2.16. The topological polar surface area (TPSA) is 58.4 Å². The van der Waals surface area contributed by atoms with Gasteiger partial charge in [-0.1, -0.05) is 6.07 Å². The van der Waals surface area contributed by atoms with E-state index in [1.165, 1.54) is 0 Å². The highest BCUT2D eigenvalue weighted by molar-refractivity contribution is 9.10. The number of nitrogens with zero attached hydrogens (tertiary/aromatic N) is 1. The molecule has 1 amide bonds. The molecule has 0 aromatic heterocycles. The van der Waals surface area contributed by atoms with E-state index < -0.39 is 0 Å². The van der Waals surface area contributed by atoms with Gasteiger partial charge in [-0.2, -0.15) is 0 Å². The molecule has 0 unspecified atom stereocenters. The van der Waals surface area contributed by atoms with Crippen LogP contribution in [0.25, 0.3) is 0 Å². The van der Waals surface area contributed by atoms with Gasteiger partial charge >= 0.3 is 0 Å². The van der Waals surface area contributed by atoms with Gasteiger partial charge in [0.25, 0.3) is 5.91 Å². The number of carbonyl (C=O) groups excluding carboxylic acids is 1. The zero-order valence-corrected chi connectivity index (χ0v) is 13.9. The van der Waals surface area contributed by atoms with E-state index in [4.69, 9.17) is 5.73 Å². The highest BCUT2D eigenvalue weighted by atomic mass is 79.9. The van der Waals surface area contributed by atoms with E-state index in [2.05, 4.69) is 21.2 Å². The van der Waals surface area contributed by atoms with Crippen molar-refractivity contribution < 1.29 is 4.79 Å². The standard InChI is InChI=1S/C16H18BrN3O/c1-10-4-6-14(12(17)8-10)19-16(21)11-5-7-15(20(2)3)13(18)9-11/h4-9H,18H2,1-3H3,(H,19,21). The summed E-state index contributed by atoms with van der Waals surface area (Å²) >= 11 is 3.45. The first kappa shape index (κ1) is 15.4. The van der Waals surface area contributed by atoms with Gasteiger partial charge in [0.15, 0.2) is 0 Å². The Hall–Kier alpha value is -2.01. The first-order valence-electron chi connectivity index (χ1n) is 6.53. The molecule has 5 heteroatoms. The van der Waals surface area contributed by atoms with Crippen molar-refractivity contribution >= 4 is 38.9 Å². The maximum atomic E-state index is 12.3. The van der Waals surface area contributed by atoms with Crippen LogP contribution in [0, 0.1) is 6.92 Å². The summed E-state index contributed by atoms with van der Waals surface area (Å²) in [5.41, 5.74) is 9.84. The summed E-state index contributed by atoms with van der Waals surface area (Å²) in [6, 6.07) is 11.1. The Balaban J connectivity index is 2.22. The van der Waals surface area contributed by atoms with E-state index in [-0.39, 0.29) is 5.91 Å². The molecule has 0 atom stereocenters. The van der Waals surface area contributed by atoms with E-state index in [9.17, 15) is 4.79 Å². The summed E-state index contributed by atoms with van der Waals surface area (Å²) in [5.74, 6) is -0.184. The van der Waals surface area contributed by atoms with Gasteiger partial charge in [0, 0.05) is 24.1 Å². The van der Waals surface area contributed by atoms with E-state index in [0.29, 0.717) is 11.3 Å². The number of anilines is 3. The number of benzene rings is 2. The van der Waals surface area contributed by atoms with Gasteiger partial charge in [0.05, 0.1) is 17.1 Å². The van der Waals surface area contributed by atoms with Crippen LogP contribution >= 0.6 is 15.9 Å². The predicted octanol–water partition coefficient (Wildman–Crippen LogP) is 3.66. The molecule has 0 fully saturated rings. The lowest BCUT2D eigenvalue weighted by molar-refractivity contribution is 0.102. The molecule has 0 aliphatic carbocycles. The molecule has 0 bridgehead atoms. The molecule has 0 heterocycles. The number of amides is 1. The molecule has 0 spiro atoms. The molecule has 0 aliphatic heterocycles. The Morgan fingerprint density at radius 3 is 2.48 bits per heavy atom. The molecule has 2 rings (SSSR count). The predicted molar refractivity (Wildman–Crippen MR) is 92.0 cm³/mol. The van der Waals surface area contributed by atoms with Crippen LogP contribution in [0.4, 0.5) is 17.1 Å². The molecule has 4 nitrogen and oxygen atoms in total. The van der Waals surface area contributed by atoms with Crippen LogP contribution < -0.4 is 16.0 Å². The highest BCUT2D eigenvalue weighted by Gasteiger charge is 2.11. The zero-order valence-electron chi connectivity index (χ0n) is 12.3. The van der Waals surface area contributed by atoms with Gasteiger partial charge in [0.1, 0.15) is 0 Å². The van der Waals surface area contributed by atoms with Crippen molar-refractivity contribution in [3.8, 4) is 0 Å². The average molecular weight is 348 g/mol. The lowest BCUT2D eigenvalue weighted by Crippen LogP contribution is -2.15. The van der Waals surface area contributed by atoms with Gasteiger partial charge in [0.2, 0.25) is 0 Å². The van der Waals surface area contributed by atoms with Gasteiger partial charge in [-0.15, -0.1) is 0 Å². The fraction of sp³-hybridized carbons (Fsp3) is 0.188. The van der Waals surface area contributed by atoms with Crippen LogP contribution in [-0.4, -0.2) is 20.0 Å². The molecule has 3 N–H and O–H groups in total. The van der Waals surface area contributed by atoms with Crippen LogP contribution in [0.5, 0.6) is 0 Å². The minimum atomic E-state index is -0.184.